The molecule has 3 aliphatic rings. The molecule has 2 saturated carbocycles. The Bertz CT molecular complexity index is 1580. The standard InChI is InChI=1S/C36H42O7/c1-8-10-21-11-12-22(15-20(21)9-2)23-13-14-25(38)27-24(23)16-34(6)17-35(7)28(18(3)4)30(39)26(19(5)37)32(41)36(35,43)33(42)29(34)31(27)40/h11-15,18,26,28-29,38,43H,8-10,16-17H2,1-7H3/t26?,28?,29?,34-,35-,36+/m1/s1. The highest BCUT2D eigenvalue weighted by Gasteiger charge is 2.76. The molecule has 5 rings (SSSR count). The van der Waals surface area contributed by atoms with Gasteiger partial charge in [-0.25, -0.2) is 0 Å². The number of ketones is 5. The zero-order valence-corrected chi connectivity index (χ0v) is 26.2. The van der Waals surface area contributed by atoms with Crippen molar-refractivity contribution in [1.29, 1.82) is 0 Å². The van der Waals surface area contributed by atoms with Crippen LogP contribution in [0.15, 0.2) is 30.3 Å². The topological polar surface area (TPSA) is 126 Å². The molecule has 0 radical (unpaired) electrons. The molecule has 6 atom stereocenters. The zero-order valence-electron chi connectivity index (χ0n) is 26.2. The quantitative estimate of drug-likeness (QED) is 0.442. The first kappa shape index (κ1) is 31.0. The summed E-state index contributed by atoms with van der Waals surface area (Å²) in [4.78, 5) is 68.8. The second kappa shape index (κ2) is 10.3. The number of hydrogen-bond donors (Lipinski definition) is 2. The van der Waals surface area contributed by atoms with E-state index in [0.29, 0.717) is 5.56 Å². The normalized spacial score (nSPS) is 32.0. The van der Waals surface area contributed by atoms with Crippen LogP contribution >= 0.6 is 0 Å². The fraction of sp³-hybridized carbons (Fsp3) is 0.528. The average molecular weight is 587 g/mol. The summed E-state index contributed by atoms with van der Waals surface area (Å²) in [6, 6.07) is 9.51. The Balaban J connectivity index is 1.72. The number of carbonyl (C=O) groups is 5. The highest BCUT2D eigenvalue weighted by atomic mass is 16.3. The van der Waals surface area contributed by atoms with Crippen LogP contribution in [-0.4, -0.2) is 44.7 Å². The third kappa shape index (κ3) is 4.14. The maximum Gasteiger partial charge on any atom is 0.190 e. The molecule has 0 saturated heterocycles. The predicted octanol–water partition coefficient (Wildman–Crippen LogP) is 5.27. The van der Waals surface area contributed by atoms with Crippen LogP contribution in [0.1, 0.15) is 88.4 Å². The molecule has 7 nitrogen and oxygen atoms in total. The Morgan fingerprint density at radius 2 is 1.67 bits per heavy atom. The molecule has 0 amide bonds. The van der Waals surface area contributed by atoms with E-state index >= 15 is 0 Å². The fourth-order valence-corrected chi connectivity index (χ4v) is 9.04. The van der Waals surface area contributed by atoms with E-state index in [1.807, 2.05) is 6.07 Å². The van der Waals surface area contributed by atoms with Crippen LogP contribution in [0, 0.1) is 34.5 Å². The number of hydrogen-bond acceptors (Lipinski definition) is 7. The lowest BCUT2D eigenvalue weighted by molar-refractivity contribution is -0.205. The molecule has 2 N–H and O–H groups in total. The van der Waals surface area contributed by atoms with Crippen molar-refractivity contribution in [2.75, 3.05) is 0 Å². The van der Waals surface area contributed by atoms with Gasteiger partial charge in [0.2, 0.25) is 0 Å². The number of fused-ring (bicyclic) bond motifs is 3. The summed E-state index contributed by atoms with van der Waals surface area (Å²) < 4.78 is 0. The summed E-state index contributed by atoms with van der Waals surface area (Å²) in [6.07, 6.45) is 3.07. The summed E-state index contributed by atoms with van der Waals surface area (Å²) in [6.45, 7) is 12.3. The number of Topliss-reactive ketones (excluding diaryl/α,β-unsaturated/α-hetero) is 5. The van der Waals surface area contributed by atoms with Gasteiger partial charge < -0.3 is 10.2 Å². The van der Waals surface area contributed by atoms with Crippen LogP contribution < -0.4 is 0 Å². The van der Waals surface area contributed by atoms with Gasteiger partial charge in [-0.1, -0.05) is 72.2 Å². The molecule has 0 heterocycles. The Hall–Kier alpha value is -3.45. The minimum atomic E-state index is -2.69. The van der Waals surface area contributed by atoms with E-state index in [9.17, 15) is 34.2 Å². The molecule has 2 aromatic rings. The first-order valence-electron chi connectivity index (χ1n) is 15.4. The Morgan fingerprint density at radius 1 is 1.00 bits per heavy atom. The third-order valence-corrected chi connectivity index (χ3v) is 10.7. The first-order valence-corrected chi connectivity index (χ1v) is 15.4. The lowest BCUT2D eigenvalue weighted by atomic mass is 9.40. The molecule has 0 bridgehead atoms. The highest BCUT2D eigenvalue weighted by Crippen LogP contribution is 2.64. The van der Waals surface area contributed by atoms with E-state index in [2.05, 4.69) is 26.0 Å². The number of carbonyl (C=O) groups excluding carboxylic acids is 5. The van der Waals surface area contributed by atoms with Crippen LogP contribution in [0.5, 0.6) is 5.75 Å². The molecule has 0 aromatic heterocycles. The van der Waals surface area contributed by atoms with Gasteiger partial charge in [0.1, 0.15) is 17.5 Å². The van der Waals surface area contributed by atoms with Crippen LogP contribution in [0.3, 0.4) is 0 Å². The minimum absolute atomic E-state index is 0.0269. The van der Waals surface area contributed by atoms with Gasteiger partial charge in [0.15, 0.2) is 28.7 Å². The number of aromatic hydroxyl groups is 1. The molecule has 3 unspecified atom stereocenters. The van der Waals surface area contributed by atoms with Crippen molar-refractivity contribution in [3.8, 4) is 16.9 Å². The molecule has 2 aromatic carbocycles. The van der Waals surface area contributed by atoms with Crippen molar-refractivity contribution < 1.29 is 34.2 Å². The second-order valence-electron chi connectivity index (χ2n) is 13.9. The second-order valence-corrected chi connectivity index (χ2v) is 13.9. The fourth-order valence-electron chi connectivity index (χ4n) is 9.04. The van der Waals surface area contributed by atoms with Gasteiger partial charge in [-0.2, -0.15) is 0 Å². The molecule has 43 heavy (non-hydrogen) atoms. The van der Waals surface area contributed by atoms with Gasteiger partial charge in [-0.05, 0) is 77.8 Å². The maximum absolute atomic E-state index is 14.5. The van der Waals surface area contributed by atoms with Gasteiger partial charge in [0.25, 0.3) is 0 Å². The van der Waals surface area contributed by atoms with Gasteiger partial charge in [0.05, 0.1) is 11.5 Å². The number of aryl methyl sites for hydroxylation is 2. The molecule has 228 valence electrons. The van der Waals surface area contributed by atoms with E-state index in [1.54, 1.807) is 33.8 Å². The summed E-state index contributed by atoms with van der Waals surface area (Å²) in [5, 5.41) is 23.2. The van der Waals surface area contributed by atoms with Gasteiger partial charge in [-0.3, -0.25) is 24.0 Å². The molecular weight excluding hydrogens is 544 g/mol. The number of phenolic OH excluding ortho intramolecular Hbond substituents is 1. The van der Waals surface area contributed by atoms with Crippen molar-refractivity contribution in [3.05, 3.63) is 52.6 Å². The van der Waals surface area contributed by atoms with Crippen molar-refractivity contribution in [1.82, 2.24) is 0 Å². The average Bonchev–Trinajstić information content (AvgIpc) is 2.91. The maximum atomic E-state index is 14.5. The Labute approximate surface area is 253 Å². The largest absolute Gasteiger partial charge is 0.507 e. The monoisotopic (exact) mass is 586 g/mol. The molecule has 3 aliphatic carbocycles. The molecule has 0 spiro atoms. The van der Waals surface area contributed by atoms with Crippen molar-refractivity contribution in [3.63, 3.8) is 0 Å². The Morgan fingerprint density at radius 3 is 2.26 bits per heavy atom. The zero-order chi connectivity index (χ0) is 31.8. The molecule has 2 fully saturated rings. The highest BCUT2D eigenvalue weighted by molar-refractivity contribution is 6.32. The van der Waals surface area contributed by atoms with Gasteiger partial charge >= 0.3 is 0 Å². The van der Waals surface area contributed by atoms with Gasteiger partial charge in [-0.15, -0.1) is 0 Å². The van der Waals surface area contributed by atoms with Crippen molar-refractivity contribution in [2.24, 2.45) is 34.5 Å². The van der Waals surface area contributed by atoms with E-state index in [4.69, 9.17) is 0 Å². The van der Waals surface area contributed by atoms with E-state index in [1.165, 1.54) is 17.2 Å². The summed E-state index contributed by atoms with van der Waals surface area (Å²) in [7, 11) is 0. The number of phenols is 1. The molecule has 0 aliphatic heterocycles. The molecular formula is C36H42O7. The smallest absolute Gasteiger partial charge is 0.190 e. The first-order chi connectivity index (χ1) is 20.1. The van der Waals surface area contributed by atoms with Crippen molar-refractivity contribution in [2.45, 2.75) is 86.2 Å². The van der Waals surface area contributed by atoms with Crippen LogP contribution in [0.4, 0.5) is 0 Å². The van der Waals surface area contributed by atoms with Crippen LogP contribution in [0.2, 0.25) is 0 Å². The molecule has 7 heteroatoms. The number of benzene rings is 2. The third-order valence-electron chi connectivity index (χ3n) is 10.7. The Kier molecular flexibility index (Phi) is 7.44. The minimum Gasteiger partial charge on any atom is -0.507 e. The summed E-state index contributed by atoms with van der Waals surface area (Å²) >= 11 is 0. The van der Waals surface area contributed by atoms with E-state index in [0.717, 1.165) is 37.3 Å². The number of aliphatic hydroxyl groups is 1. The van der Waals surface area contributed by atoms with Gasteiger partial charge in [0, 0.05) is 11.3 Å². The van der Waals surface area contributed by atoms with Crippen LogP contribution in [0.25, 0.3) is 11.1 Å². The lowest BCUT2D eigenvalue weighted by Gasteiger charge is -2.61. The van der Waals surface area contributed by atoms with Crippen molar-refractivity contribution >= 4 is 28.9 Å². The summed E-state index contributed by atoms with van der Waals surface area (Å²) in [5.74, 6) is -8.83. The predicted molar refractivity (Wildman–Crippen MR) is 162 cm³/mol. The van der Waals surface area contributed by atoms with E-state index in [-0.39, 0.29) is 30.1 Å². The number of rotatable bonds is 6. The summed E-state index contributed by atoms with van der Waals surface area (Å²) in [5.41, 5.74) is -0.480. The van der Waals surface area contributed by atoms with E-state index < -0.39 is 63.1 Å². The SMILES string of the molecule is CCCc1ccc(-c2ccc(O)c3c2C[C@]2(C)C[C@]4(C)C(C(C)C)C(=O)C(C(C)=O)C(=O)[C@]4(O)C(=O)C2C3=O)cc1CC. The van der Waals surface area contributed by atoms with Crippen LogP contribution in [-0.2, 0) is 38.4 Å². The lowest BCUT2D eigenvalue weighted by Crippen LogP contribution is -2.76.